The van der Waals surface area contributed by atoms with Gasteiger partial charge in [0.2, 0.25) is 5.91 Å². The van der Waals surface area contributed by atoms with Crippen molar-refractivity contribution in [3.63, 3.8) is 0 Å². The van der Waals surface area contributed by atoms with Crippen molar-refractivity contribution in [2.75, 3.05) is 5.32 Å². The Balaban J connectivity index is 1.38. The first-order valence-electron chi connectivity index (χ1n) is 9.98. The molecule has 1 heterocycles. The number of carbonyl (C=O) groups excluding carboxylic acids is 1. The summed E-state index contributed by atoms with van der Waals surface area (Å²) in [5.41, 5.74) is 0.463. The topological polar surface area (TPSA) is 93.2 Å². The molecule has 0 radical (unpaired) electrons. The predicted octanol–water partition coefficient (Wildman–Crippen LogP) is 3.44. The minimum atomic E-state index is -0.385. The zero-order valence-corrected chi connectivity index (χ0v) is 17.0. The molecular weight excluding hydrogens is 413 g/mol. The number of aromatic nitrogens is 2. The van der Waals surface area contributed by atoms with Crippen molar-refractivity contribution in [3.8, 4) is 5.75 Å². The number of hydrogen-bond donors (Lipinski definition) is 2. The van der Waals surface area contributed by atoms with Crippen molar-refractivity contribution < 1.29 is 13.9 Å². The van der Waals surface area contributed by atoms with E-state index in [1.165, 1.54) is 12.1 Å². The van der Waals surface area contributed by atoms with Gasteiger partial charge in [0.05, 0.1) is 17.3 Å². The summed E-state index contributed by atoms with van der Waals surface area (Å²) in [5, 5.41) is 5.87. The number of amides is 1. The van der Waals surface area contributed by atoms with Crippen LogP contribution in [0.25, 0.3) is 10.8 Å². The van der Waals surface area contributed by atoms with Crippen LogP contribution >= 0.6 is 0 Å². The molecule has 1 aromatic heterocycles. The maximum atomic E-state index is 13.3. The Bertz CT molecular complexity index is 1390. The average molecular weight is 433 g/mol. The van der Waals surface area contributed by atoms with Crippen LogP contribution in [-0.2, 0) is 17.9 Å². The number of aromatic amines is 1. The number of aryl methyl sites for hydroxylation is 1. The summed E-state index contributed by atoms with van der Waals surface area (Å²) < 4.78 is 20.1. The Morgan fingerprint density at radius 2 is 1.75 bits per heavy atom. The van der Waals surface area contributed by atoms with Crippen molar-refractivity contribution >= 4 is 22.4 Å². The molecule has 0 saturated heterocycles. The number of nitrogens with one attached hydrogen (secondary N) is 2. The summed E-state index contributed by atoms with van der Waals surface area (Å²) in [7, 11) is 0. The Kier molecular flexibility index (Phi) is 6.12. The number of ether oxygens (including phenoxy) is 1. The van der Waals surface area contributed by atoms with Crippen LogP contribution in [0.3, 0.4) is 0 Å². The molecular formula is C24H20FN3O4. The molecule has 7 nitrogen and oxygen atoms in total. The minimum absolute atomic E-state index is 0.0113. The largest absolute Gasteiger partial charge is 0.489 e. The quantitative estimate of drug-likeness (QED) is 0.467. The third kappa shape index (κ3) is 4.92. The van der Waals surface area contributed by atoms with E-state index in [1.807, 2.05) is 0 Å². The Labute approximate surface area is 182 Å². The Morgan fingerprint density at radius 1 is 0.969 bits per heavy atom. The second kappa shape index (κ2) is 9.30. The number of carbonyl (C=O) groups is 1. The first kappa shape index (κ1) is 21.0. The van der Waals surface area contributed by atoms with Crippen LogP contribution < -0.4 is 21.2 Å². The van der Waals surface area contributed by atoms with E-state index < -0.39 is 0 Å². The Morgan fingerprint density at radius 3 is 2.56 bits per heavy atom. The lowest BCUT2D eigenvalue weighted by Crippen LogP contribution is -2.31. The lowest BCUT2D eigenvalue weighted by molar-refractivity contribution is -0.116. The normalized spacial score (nSPS) is 10.8. The average Bonchev–Trinajstić information content (AvgIpc) is 2.79. The van der Waals surface area contributed by atoms with Crippen LogP contribution in [0.1, 0.15) is 12.0 Å². The van der Waals surface area contributed by atoms with Gasteiger partial charge in [0.25, 0.3) is 11.1 Å². The fraction of sp³-hybridized carbons (Fsp3) is 0.125. The molecule has 0 fully saturated rings. The van der Waals surface area contributed by atoms with Crippen LogP contribution in [-0.4, -0.2) is 15.7 Å². The van der Waals surface area contributed by atoms with Crippen LogP contribution in [0, 0.1) is 5.82 Å². The third-order valence-electron chi connectivity index (χ3n) is 4.86. The molecule has 0 aliphatic rings. The summed E-state index contributed by atoms with van der Waals surface area (Å²) >= 11 is 0. The number of nitrogens with zero attached hydrogens (tertiary/aromatic N) is 1. The molecule has 0 unspecified atom stereocenters. The number of halogens is 1. The maximum Gasteiger partial charge on any atom is 0.273 e. The number of fused-ring (bicyclic) bond motifs is 1. The van der Waals surface area contributed by atoms with Gasteiger partial charge in [-0.1, -0.05) is 30.3 Å². The fourth-order valence-corrected chi connectivity index (χ4v) is 3.30. The highest BCUT2D eigenvalue weighted by Gasteiger charge is 2.09. The SMILES string of the molecule is O=C(CCn1[nH]c(=O)c2ccccc2c1=O)Nc1cccc(OCc2cccc(F)c2)c1. The number of rotatable bonds is 7. The number of benzene rings is 3. The van der Waals surface area contributed by atoms with E-state index in [0.29, 0.717) is 27.8 Å². The molecule has 162 valence electrons. The monoisotopic (exact) mass is 433 g/mol. The molecule has 1 amide bonds. The van der Waals surface area contributed by atoms with Crippen LogP contribution in [0.5, 0.6) is 5.75 Å². The van der Waals surface area contributed by atoms with E-state index in [0.717, 1.165) is 4.68 Å². The Hall–Kier alpha value is -4.20. The summed E-state index contributed by atoms with van der Waals surface area (Å²) in [4.78, 5) is 37.1. The maximum absolute atomic E-state index is 13.3. The molecule has 8 heteroatoms. The number of hydrogen-bond acceptors (Lipinski definition) is 4. The van der Waals surface area contributed by atoms with E-state index in [9.17, 15) is 18.8 Å². The van der Waals surface area contributed by atoms with Gasteiger partial charge >= 0.3 is 0 Å². The molecule has 0 saturated carbocycles. The molecule has 4 rings (SSSR count). The zero-order chi connectivity index (χ0) is 22.5. The van der Waals surface area contributed by atoms with Gasteiger partial charge in [0, 0.05) is 18.2 Å². The third-order valence-corrected chi connectivity index (χ3v) is 4.86. The van der Waals surface area contributed by atoms with E-state index >= 15 is 0 Å². The van der Waals surface area contributed by atoms with Crippen LogP contribution in [0.4, 0.5) is 10.1 Å². The van der Waals surface area contributed by atoms with Gasteiger partial charge in [-0.2, -0.15) is 0 Å². The second-order valence-corrected chi connectivity index (χ2v) is 7.19. The molecule has 0 spiro atoms. The van der Waals surface area contributed by atoms with E-state index in [1.54, 1.807) is 60.7 Å². The second-order valence-electron chi connectivity index (χ2n) is 7.19. The van der Waals surface area contributed by atoms with Gasteiger partial charge in [-0.05, 0) is 42.0 Å². The van der Waals surface area contributed by atoms with Crippen molar-refractivity contribution in [2.45, 2.75) is 19.6 Å². The molecule has 0 atom stereocenters. The highest BCUT2D eigenvalue weighted by atomic mass is 19.1. The van der Waals surface area contributed by atoms with Gasteiger partial charge in [0.1, 0.15) is 18.2 Å². The summed E-state index contributed by atoms with van der Waals surface area (Å²) in [5.74, 6) is -0.144. The summed E-state index contributed by atoms with van der Waals surface area (Å²) in [6.07, 6.45) is -0.0113. The smallest absolute Gasteiger partial charge is 0.273 e. The standard InChI is InChI=1S/C24H20FN3O4/c25-17-6-3-5-16(13-17)15-32-19-8-4-7-18(14-19)26-22(29)11-12-28-24(31)21-10-2-1-9-20(21)23(30)27-28/h1-10,13-14H,11-12,15H2,(H,26,29)(H,27,30). The molecule has 0 aliphatic heterocycles. The number of anilines is 1. The lowest BCUT2D eigenvalue weighted by Gasteiger charge is -2.10. The highest BCUT2D eigenvalue weighted by Crippen LogP contribution is 2.19. The minimum Gasteiger partial charge on any atom is -0.489 e. The molecule has 0 bridgehead atoms. The van der Waals surface area contributed by atoms with E-state index in [-0.39, 0.29) is 42.4 Å². The highest BCUT2D eigenvalue weighted by molar-refractivity contribution is 5.90. The molecule has 3 aromatic carbocycles. The van der Waals surface area contributed by atoms with Crippen molar-refractivity contribution in [1.29, 1.82) is 0 Å². The van der Waals surface area contributed by atoms with Gasteiger partial charge in [0.15, 0.2) is 0 Å². The van der Waals surface area contributed by atoms with E-state index in [2.05, 4.69) is 10.4 Å². The molecule has 4 aromatic rings. The van der Waals surface area contributed by atoms with Gasteiger partial charge in [-0.25, -0.2) is 9.07 Å². The predicted molar refractivity (Wildman–Crippen MR) is 119 cm³/mol. The van der Waals surface area contributed by atoms with Crippen molar-refractivity contribution in [1.82, 2.24) is 9.78 Å². The fourth-order valence-electron chi connectivity index (χ4n) is 3.30. The number of H-pyrrole nitrogens is 1. The first-order valence-corrected chi connectivity index (χ1v) is 9.98. The molecule has 2 N–H and O–H groups in total. The van der Waals surface area contributed by atoms with Crippen LogP contribution in [0.15, 0.2) is 82.4 Å². The summed E-state index contributed by atoms with van der Waals surface area (Å²) in [6.45, 7) is 0.216. The van der Waals surface area contributed by atoms with E-state index in [4.69, 9.17) is 4.74 Å². The zero-order valence-electron chi connectivity index (χ0n) is 17.0. The van der Waals surface area contributed by atoms with Crippen LogP contribution in [0.2, 0.25) is 0 Å². The summed E-state index contributed by atoms with van der Waals surface area (Å²) in [6, 6.07) is 19.5. The van der Waals surface area contributed by atoms with Gasteiger partial charge in [-0.15, -0.1) is 0 Å². The van der Waals surface area contributed by atoms with Gasteiger partial charge in [-0.3, -0.25) is 19.5 Å². The first-order chi connectivity index (χ1) is 15.5. The van der Waals surface area contributed by atoms with Crippen molar-refractivity contribution in [3.05, 3.63) is 105 Å². The lowest BCUT2D eigenvalue weighted by atomic mass is 10.2. The molecule has 32 heavy (non-hydrogen) atoms. The van der Waals surface area contributed by atoms with Crippen molar-refractivity contribution in [2.24, 2.45) is 0 Å². The van der Waals surface area contributed by atoms with Gasteiger partial charge < -0.3 is 10.1 Å². The molecule has 0 aliphatic carbocycles.